The minimum Gasteiger partial charge on any atom is -0.492 e. The van der Waals surface area contributed by atoms with Crippen molar-refractivity contribution >= 4 is 23.2 Å². The zero-order valence-corrected chi connectivity index (χ0v) is 15.9. The van der Waals surface area contributed by atoms with Gasteiger partial charge in [0.15, 0.2) is 5.78 Å². The van der Waals surface area contributed by atoms with E-state index < -0.39 is 6.03 Å². The van der Waals surface area contributed by atoms with Gasteiger partial charge in [-0.05, 0) is 43.3 Å². The van der Waals surface area contributed by atoms with Crippen LogP contribution >= 0.6 is 0 Å². The number of morpholine rings is 1. The number of anilines is 2. The standard InChI is InChI=1S/C21H25N3O4/c1-2-28-20-6-4-3-5-18(20)23-21(26)22-15-19(25)16-7-9-17(10-8-16)24-11-13-27-14-12-24/h3-10H,2,11-15H2,1H3,(H2,22,23,26). The average molecular weight is 383 g/mol. The Morgan fingerprint density at radius 1 is 1.07 bits per heavy atom. The van der Waals surface area contributed by atoms with Crippen molar-refractivity contribution in [3.63, 3.8) is 0 Å². The molecule has 7 nitrogen and oxygen atoms in total. The molecule has 0 atom stereocenters. The van der Waals surface area contributed by atoms with Crippen molar-refractivity contribution in [1.82, 2.24) is 5.32 Å². The first-order valence-electron chi connectivity index (χ1n) is 9.40. The third-order valence-corrected chi connectivity index (χ3v) is 4.41. The fraction of sp³-hybridized carbons (Fsp3) is 0.333. The van der Waals surface area contributed by atoms with Crippen LogP contribution in [0.25, 0.3) is 0 Å². The number of urea groups is 1. The van der Waals surface area contributed by atoms with Gasteiger partial charge in [-0.1, -0.05) is 12.1 Å². The lowest BCUT2D eigenvalue weighted by atomic mass is 10.1. The zero-order valence-electron chi connectivity index (χ0n) is 15.9. The largest absolute Gasteiger partial charge is 0.492 e. The number of ketones is 1. The Morgan fingerprint density at radius 2 is 1.79 bits per heavy atom. The van der Waals surface area contributed by atoms with Gasteiger partial charge in [-0.15, -0.1) is 0 Å². The monoisotopic (exact) mass is 383 g/mol. The van der Waals surface area contributed by atoms with E-state index in [1.54, 1.807) is 30.3 Å². The molecule has 1 saturated heterocycles. The Labute approximate surface area is 164 Å². The van der Waals surface area contributed by atoms with Crippen LogP contribution in [0.4, 0.5) is 16.2 Å². The summed E-state index contributed by atoms with van der Waals surface area (Å²) in [5.74, 6) is 0.437. The molecule has 1 heterocycles. The van der Waals surface area contributed by atoms with Gasteiger partial charge in [0.25, 0.3) is 0 Å². The van der Waals surface area contributed by atoms with Crippen molar-refractivity contribution in [3.05, 3.63) is 54.1 Å². The first-order chi connectivity index (χ1) is 13.7. The van der Waals surface area contributed by atoms with Gasteiger partial charge in [0.1, 0.15) is 5.75 Å². The van der Waals surface area contributed by atoms with Gasteiger partial charge in [0.05, 0.1) is 32.1 Å². The summed E-state index contributed by atoms with van der Waals surface area (Å²) in [4.78, 5) is 26.7. The minimum absolute atomic E-state index is 0.0838. The molecule has 0 radical (unpaired) electrons. The maximum atomic E-state index is 12.4. The molecule has 1 aliphatic rings. The third kappa shape index (κ3) is 5.23. The highest BCUT2D eigenvalue weighted by atomic mass is 16.5. The number of nitrogens with zero attached hydrogens (tertiary/aromatic N) is 1. The second kappa shape index (κ2) is 9.75. The molecule has 2 aromatic carbocycles. The summed E-state index contributed by atoms with van der Waals surface area (Å²) >= 11 is 0. The first-order valence-corrected chi connectivity index (χ1v) is 9.40. The third-order valence-electron chi connectivity index (χ3n) is 4.41. The van der Waals surface area contributed by atoms with Gasteiger partial charge in [-0.3, -0.25) is 4.79 Å². The van der Waals surface area contributed by atoms with Gasteiger partial charge in [-0.25, -0.2) is 4.79 Å². The second-order valence-corrected chi connectivity index (χ2v) is 6.31. The number of benzene rings is 2. The number of Topliss-reactive ketones (excluding diaryl/α,β-unsaturated/α-hetero) is 1. The number of carbonyl (C=O) groups is 2. The van der Waals surface area contributed by atoms with Crippen molar-refractivity contribution in [2.45, 2.75) is 6.92 Å². The van der Waals surface area contributed by atoms with Crippen LogP contribution in [0.15, 0.2) is 48.5 Å². The van der Waals surface area contributed by atoms with Gasteiger partial charge in [0, 0.05) is 24.3 Å². The van der Waals surface area contributed by atoms with E-state index in [1.807, 2.05) is 25.1 Å². The molecule has 3 rings (SSSR count). The summed E-state index contributed by atoms with van der Waals surface area (Å²) in [5, 5.41) is 5.30. The van der Waals surface area contributed by atoms with Crippen LogP contribution in [0.2, 0.25) is 0 Å². The van der Waals surface area contributed by atoms with Gasteiger partial charge >= 0.3 is 6.03 Å². The molecule has 0 aromatic heterocycles. The summed E-state index contributed by atoms with van der Waals surface area (Å²) in [7, 11) is 0. The van der Waals surface area contributed by atoms with Crippen LogP contribution in [0.1, 0.15) is 17.3 Å². The van der Waals surface area contributed by atoms with Crippen LogP contribution < -0.4 is 20.3 Å². The molecule has 0 aliphatic carbocycles. The molecule has 148 valence electrons. The summed E-state index contributed by atoms with van der Waals surface area (Å²) in [6.07, 6.45) is 0. The van der Waals surface area contributed by atoms with Crippen molar-refractivity contribution in [1.29, 1.82) is 0 Å². The number of amides is 2. The molecule has 2 N–H and O–H groups in total. The fourth-order valence-electron chi connectivity index (χ4n) is 2.96. The smallest absolute Gasteiger partial charge is 0.319 e. The number of hydrogen-bond acceptors (Lipinski definition) is 5. The maximum Gasteiger partial charge on any atom is 0.319 e. The van der Waals surface area contributed by atoms with E-state index in [1.165, 1.54) is 0 Å². The molecule has 0 spiro atoms. The quantitative estimate of drug-likeness (QED) is 0.719. The van der Waals surface area contributed by atoms with Crippen LogP contribution in [0.5, 0.6) is 5.75 Å². The summed E-state index contributed by atoms with van der Waals surface area (Å²) in [6, 6.07) is 14.1. The highest BCUT2D eigenvalue weighted by molar-refractivity contribution is 6.01. The van der Waals surface area contributed by atoms with Crippen LogP contribution in [-0.2, 0) is 4.74 Å². The van der Waals surface area contributed by atoms with E-state index in [0.29, 0.717) is 36.8 Å². The minimum atomic E-state index is -0.453. The summed E-state index contributed by atoms with van der Waals surface area (Å²) < 4.78 is 10.8. The Hall–Kier alpha value is -3.06. The van der Waals surface area contributed by atoms with Crippen LogP contribution in [-0.4, -0.2) is 51.3 Å². The Kier molecular flexibility index (Phi) is 6.86. The van der Waals surface area contributed by atoms with E-state index >= 15 is 0 Å². The molecule has 2 aromatic rings. The number of rotatable bonds is 7. The molecule has 1 fully saturated rings. The topological polar surface area (TPSA) is 79.9 Å². The maximum absolute atomic E-state index is 12.4. The number of hydrogen-bond donors (Lipinski definition) is 2. The van der Waals surface area contributed by atoms with E-state index in [2.05, 4.69) is 15.5 Å². The normalized spacial score (nSPS) is 13.7. The predicted octanol–water partition coefficient (Wildman–Crippen LogP) is 2.93. The summed E-state index contributed by atoms with van der Waals surface area (Å²) in [6.45, 7) is 5.41. The lowest BCUT2D eigenvalue weighted by Gasteiger charge is -2.28. The molecule has 0 unspecified atom stereocenters. The van der Waals surface area contributed by atoms with E-state index in [9.17, 15) is 9.59 Å². The Bertz CT molecular complexity index is 802. The lowest BCUT2D eigenvalue weighted by Crippen LogP contribution is -2.36. The highest BCUT2D eigenvalue weighted by Gasteiger charge is 2.13. The molecular weight excluding hydrogens is 358 g/mol. The molecule has 0 bridgehead atoms. The van der Waals surface area contributed by atoms with Crippen molar-refractivity contribution in [2.75, 3.05) is 49.7 Å². The zero-order chi connectivity index (χ0) is 19.8. The number of nitrogens with one attached hydrogen (secondary N) is 2. The molecule has 2 amide bonds. The van der Waals surface area contributed by atoms with Gasteiger partial charge < -0.3 is 25.0 Å². The predicted molar refractivity (Wildman–Crippen MR) is 108 cm³/mol. The van der Waals surface area contributed by atoms with Gasteiger partial charge in [0.2, 0.25) is 0 Å². The molecule has 0 saturated carbocycles. The molecule has 7 heteroatoms. The average Bonchev–Trinajstić information content (AvgIpc) is 2.74. The van der Waals surface area contributed by atoms with Crippen molar-refractivity contribution in [3.8, 4) is 5.75 Å². The molecule has 28 heavy (non-hydrogen) atoms. The molecule has 1 aliphatic heterocycles. The van der Waals surface area contributed by atoms with E-state index in [0.717, 1.165) is 18.8 Å². The fourth-order valence-corrected chi connectivity index (χ4v) is 2.96. The summed E-state index contributed by atoms with van der Waals surface area (Å²) in [5.41, 5.74) is 2.19. The van der Waals surface area contributed by atoms with Crippen molar-refractivity contribution in [2.24, 2.45) is 0 Å². The lowest BCUT2D eigenvalue weighted by molar-refractivity contribution is 0.0993. The highest BCUT2D eigenvalue weighted by Crippen LogP contribution is 2.23. The van der Waals surface area contributed by atoms with E-state index in [4.69, 9.17) is 9.47 Å². The number of carbonyl (C=O) groups excluding carboxylic acids is 2. The SMILES string of the molecule is CCOc1ccccc1NC(=O)NCC(=O)c1ccc(N2CCOCC2)cc1. The Balaban J connectivity index is 1.51. The molecular formula is C21H25N3O4. The van der Waals surface area contributed by atoms with Crippen LogP contribution in [0, 0.1) is 0 Å². The number of para-hydroxylation sites is 2. The van der Waals surface area contributed by atoms with Crippen molar-refractivity contribution < 1.29 is 19.1 Å². The van der Waals surface area contributed by atoms with Gasteiger partial charge in [-0.2, -0.15) is 0 Å². The van der Waals surface area contributed by atoms with E-state index in [-0.39, 0.29) is 12.3 Å². The Morgan fingerprint density at radius 3 is 2.50 bits per heavy atom. The number of ether oxygens (including phenoxy) is 2. The second-order valence-electron chi connectivity index (χ2n) is 6.31. The van der Waals surface area contributed by atoms with Crippen LogP contribution in [0.3, 0.4) is 0 Å². The first kappa shape index (κ1) is 19.7.